The molecule has 0 aliphatic heterocycles. The largest absolute Gasteiger partial charge is 0.500 e. The van der Waals surface area contributed by atoms with Crippen LogP contribution in [0.5, 0.6) is 0 Å². The van der Waals surface area contributed by atoms with Crippen molar-refractivity contribution in [3.8, 4) is 0 Å². The molecule has 1 aliphatic rings. The molecule has 8 heteroatoms. The van der Waals surface area contributed by atoms with Gasteiger partial charge in [0, 0.05) is 11.6 Å². The smallest absolute Gasteiger partial charge is 0.313 e. The molecule has 0 fully saturated rings. The molecule has 1 atom stereocenters. The van der Waals surface area contributed by atoms with Crippen LogP contribution in [0.15, 0.2) is 78.1 Å². The van der Waals surface area contributed by atoms with Crippen molar-refractivity contribution >= 4 is 17.7 Å². The molecule has 2 rings (SSSR count). The first-order valence-corrected chi connectivity index (χ1v) is 13.2. The molecule has 0 heterocycles. The molecule has 218 valence electrons. The number of esters is 2. The summed E-state index contributed by atoms with van der Waals surface area (Å²) >= 11 is 0. The number of benzene rings is 1. The first-order valence-electron chi connectivity index (χ1n) is 13.2. The highest BCUT2D eigenvalue weighted by Gasteiger charge is 2.41. The van der Waals surface area contributed by atoms with E-state index in [0.717, 1.165) is 0 Å². The average Bonchev–Trinajstić information content (AvgIpc) is 2.90. The van der Waals surface area contributed by atoms with Crippen LogP contribution >= 0.6 is 0 Å². The third-order valence-corrected chi connectivity index (χ3v) is 5.96. The second kappa shape index (κ2) is 14.2. The van der Waals surface area contributed by atoms with E-state index in [9.17, 15) is 14.4 Å². The van der Waals surface area contributed by atoms with Gasteiger partial charge in [0.05, 0.1) is 23.9 Å². The number of hydrogen-bond acceptors (Lipinski definition) is 8. The summed E-state index contributed by atoms with van der Waals surface area (Å²) in [7, 11) is 1.50. The number of carbonyl (C=O) groups is 3. The minimum atomic E-state index is -1.57. The number of allylic oxidation sites excluding steroid dienone is 4. The van der Waals surface area contributed by atoms with E-state index in [0.29, 0.717) is 23.3 Å². The van der Waals surface area contributed by atoms with Gasteiger partial charge < -0.3 is 23.7 Å². The van der Waals surface area contributed by atoms with Gasteiger partial charge in [-0.2, -0.15) is 0 Å². The maximum absolute atomic E-state index is 12.7. The Labute approximate surface area is 237 Å². The molecule has 0 radical (unpaired) electrons. The van der Waals surface area contributed by atoms with Gasteiger partial charge >= 0.3 is 11.9 Å². The Hall–Kier alpha value is -3.49. The maximum Gasteiger partial charge on any atom is 0.313 e. The van der Waals surface area contributed by atoms with E-state index in [1.165, 1.54) is 13.2 Å². The highest BCUT2D eigenvalue weighted by atomic mass is 16.8. The topological polar surface area (TPSA) is 97.4 Å². The number of ketones is 1. The molecule has 0 amide bonds. The van der Waals surface area contributed by atoms with Crippen LogP contribution in [0.3, 0.4) is 0 Å². The van der Waals surface area contributed by atoms with E-state index in [1.54, 1.807) is 78.0 Å². The van der Waals surface area contributed by atoms with E-state index in [-0.39, 0.29) is 5.78 Å². The predicted octanol–water partition coefficient (Wildman–Crippen LogP) is 6.30. The Morgan fingerprint density at radius 3 is 1.93 bits per heavy atom. The molecule has 8 nitrogen and oxygen atoms in total. The second-order valence-electron chi connectivity index (χ2n) is 11.4. The van der Waals surface area contributed by atoms with Gasteiger partial charge in [-0.05, 0) is 66.5 Å². The van der Waals surface area contributed by atoms with Crippen molar-refractivity contribution in [1.29, 1.82) is 0 Å². The SMILES string of the molecule is C/C=C/CC1=CC(/C=C/C(=O)c2ccccc2)C(OC)=CC1(OCOC(=O)C(C)(C)C)OCOC(=O)C(C)(C)C. The summed E-state index contributed by atoms with van der Waals surface area (Å²) < 4.78 is 28.6. The van der Waals surface area contributed by atoms with Crippen LogP contribution in [0.1, 0.15) is 65.2 Å². The van der Waals surface area contributed by atoms with Crippen molar-refractivity contribution < 1.29 is 38.1 Å². The molecule has 0 saturated heterocycles. The zero-order valence-electron chi connectivity index (χ0n) is 24.8. The molecule has 0 saturated carbocycles. The minimum absolute atomic E-state index is 0.146. The predicted molar refractivity (Wildman–Crippen MR) is 152 cm³/mol. The summed E-state index contributed by atoms with van der Waals surface area (Å²) in [6.07, 6.45) is 10.9. The molecular formula is C32H42O8. The molecular weight excluding hydrogens is 512 g/mol. The summed E-state index contributed by atoms with van der Waals surface area (Å²) in [5, 5.41) is 0. The van der Waals surface area contributed by atoms with Gasteiger partial charge in [0.15, 0.2) is 19.4 Å². The van der Waals surface area contributed by atoms with Crippen LogP contribution in [0.4, 0.5) is 0 Å². The molecule has 0 N–H and O–H groups in total. The van der Waals surface area contributed by atoms with Crippen molar-refractivity contribution in [1.82, 2.24) is 0 Å². The lowest BCUT2D eigenvalue weighted by Gasteiger charge is -2.37. The summed E-state index contributed by atoms with van der Waals surface area (Å²) in [5.41, 5.74) is -0.250. The standard InChI is InChI=1S/C32H42O8/c1-9-10-16-25-19-24(17-18-26(33)23-14-12-11-13-15-23)27(36-8)20-32(25,39-21-37-28(34)30(2,3)4)40-22-38-29(35)31(5,6)7/h9-15,17-20,24H,16,21-22H2,1-8H3/b10-9+,18-17+. The Bertz CT molecular complexity index is 1110. The Kier molecular flexibility index (Phi) is 11.6. The van der Waals surface area contributed by atoms with E-state index in [1.807, 2.05) is 31.2 Å². The zero-order valence-corrected chi connectivity index (χ0v) is 24.8. The van der Waals surface area contributed by atoms with Gasteiger partial charge in [-0.15, -0.1) is 0 Å². The van der Waals surface area contributed by atoms with Crippen molar-refractivity contribution in [2.45, 2.75) is 60.7 Å². The quantitative estimate of drug-likeness (QED) is 0.0976. The van der Waals surface area contributed by atoms with Gasteiger partial charge in [-0.25, -0.2) is 0 Å². The highest BCUT2D eigenvalue weighted by molar-refractivity contribution is 6.04. The number of rotatable bonds is 12. The molecule has 1 aliphatic carbocycles. The summed E-state index contributed by atoms with van der Waals surface area (Å²) in [6.45, 7) is 11.5. The lowest BCUT2D eigenvalue weighted by molar-refractivity contribution is -0.255. The first-order chi connectivity index (χ1) is 18.7. The molecule has 40 heavy (non-hydrogen) atoms. The van der Waals surface area contributed by atoms with Crippen molar-refractivity contribution in [2.75, 3.05) is 20.7 Å². The summed E-state index contributed by atoms with van der Waals surface area (Å²) in [6, 6.07) is 8.95. The van der Waals surface area contributed by atoms with Crippen LogP contribution in [-0.2, 0) is 33.3 Å². The molecule has 0 bridgehead atoms. The second-order valence-corrected chi connectivity index (χ2v) is 11.4. The minimum Gasteiger partial charge on any atom is -0.500 e. The van der Waals surface area contributed by atoms with Crippen LogP contribution in [0, 0.1) is 16.7 Å². The zero-order chi connectivity index (χ0) is 30.0. The van der Waals surface area contributed by atoms with Gasteiger partial charge in [0.1, 0.15) is 5.76 Å². The van der Waals surface area contributed by atoms with Crippen LogP contribution in [0.25, 0.3) is 0 Å². The Balaban J connectivity index is 2.43. The van der Waals surface area contributed by atoms with Crippen molar-refractivity contribution in [2.24, 2.45) is 16.7 Å². The third-order valence-electron chi connectivity index (χ3n) is 5.96. The van der Waals surface area contributed by atoms with Gasteiger partial charge in [0.2, 0.25) is 5.79 Å². The van der Waals surface area contributed by atoms with Gasteiger partial charge in [-0.3, -0.25) is 14.4 Å². The fourth-order valence-electron chi connectivity index (χ4n) is 3.57. The maximum atomic E-state index is 12.7. The van der Waals surface area contributed by atoms with E-state index < -0.39 is 48.1 Å². The van der Waals surface area contributed by atoms with Crippen LogP contribution in [0.2, 0.25) is 0 Å². The number of carbonyl (C=O) groups excluding carboxylic acids is 3. The normalized spacial score (nSPS) is 17.4. The third kappa shape index (κ3) is 9.31. The molecule has 1 unspecified atom stereocenters. The first kappa shape index (κ1) is 32.7. The monoisotopic (exact) mass is 554 g/mol. The lowest BCUT2D eigenvalue weighted by Crippen LogP contribution is -2.42. The Morgan fingerprint density at radius 2 is 1.45 bits per heavy atom. The number of methoxy groups -OCH3 is 1. The van der Waals surface area contributed by atoms with E-state index in [2.05, 4.69) is 0 Å². The number of ether oxygens (including phenoxy) is 5. The summed E-state index contributed by atoms with van der Waals surface area (Å²) in [5.74, 6) is -2.60. The van der Waals surface area contributed by atoms with Crippen LogP contribution < -0.4 is 0 Å². The average molecular weight is 555 g/mol. The lowest BCUT2D eigenvalue weighted by atomic mass is 9.88. The van der Waals surface area contributed by atoms with Gasteiger partial charge in [0.25, 0.3) is 0 Å². The van der Waals surface area contributed by atoms with Crippen LogP contribution in [-0.4, -0.2) is 44.2 Å². The van der Waals surface area contributed by atoms with Crippen molar-refractivity contribution in [3.63, 3.8) is 0 Å². The molecule has 0 spiro atoms. The highest BCUT2D eigenvalue weighted by Crippen LogP contribution is 2.38. The fraction of sp³-hybridized carbons (Fsp3) is 0.469. The molecule has 1 aromatic rings. The fourth-order valence-corrected chi connectivity index (χ4v) is 3.57. The van der Waals surface area contributed by atoms with E-state index >= 15 is 0 Å². The molecule has 1 aromatic carbocycles. The Morgan fingerprint density at radius 1 is 0.900 bits per heavy atom. The summed E-state index contributed by atoms with van der Waals surface area (Å²) in [4.78, 5) is 37.5. The van der Waals surface area contributed by atoms with Crippen molar-refractivity contribution in [3.05, 3.63) is 83.7 Å². The number of hydrogen-bond donors (Lipinski definition) is 0. The van der Waals surface area contributed by atoms with Gasteiger partial charge in [-0.1, -0.05) is 54.6 Å². The van der Waals surface area contributed by atoms with E-state index in [4.69, 9.17) is 23.7 Å². The molecule has 0 aromatic heterocycles.